The molecule has 2 amide bonds. The normalized spacial score (nSPS) is 24.7. The Balaban J connectivity index is 1.36. The molecule has 10 heteroatoms. The molecule has 5 rings (SSSR count). The topological polar surface area (TPSA) is 67.9 Å². The Hall–Kier alpha value is -3.92. The molecule has 6 nitrogen and oxygen atoms in total. The number of fused-ring (bicyclic) bond motifs is 1. The fourth-order valence-electron chi connectivity index (χ4n) is 6.04. The monoisotopic (exact) mass is 584 g/mol. The van der Waals surface area contributed by atoms with E-state index >= 15 is 0 Å². The molecular weight excluding hydrogens is 552 g/mol. The zero-order chi connectivity index (χ0) is 30.1. The van der Waals surface area contributed by atoms with E-state index in [0.29, 0.717) is 12.0 Å². The van der Waals surface area contributed by atoms with Gasteiger partial charge in [0.05, 0.1) is 23.3 Å². The number of ether oxygens (including phenoxy) is 2. The number of hydrogen-bond donors (Lipinski definition) is 1. The van der Waals surface area contributed by atoms with E-state index in [0.717, 1.165) is 23.3 Å². The van der Waals surface area contributed by atoms with Crippen LogP contribution in [0, 0.1) is 5.82 Å². The fourth-order valence-corrected chi connectivity index (χ4v) is 6.04. The Labute approximate surface area is 241 Å². The third kappa shape index (κ3) is 6.59. The molecular formula is C32H32F4N2O4. The lowest BCUT2D eigenvalue weighted by Gasteiger charge is -2.43. The first kappa shape index (κ1) is 29.6. The second kappa shape index (κ2) is 11.8. The molecule has 0 radical (unpaired) electrons. The molecule has 2 saturated heterocycles. The Morgan fingerprint density at radius 1 is 1.07 bits per heavy atom. The standard InChI is InChI=1S/C32H32F4N2O4/c1-20(23-9-6-10-24(15-23)32(34,35)36)42-27-18-38-26(29(27)22-11-13-25(33)14-12-22)16-31(2,17-28(38)39)37-30(40)41-19-21-7-4-3-5-8-21/h3-15,20,26-27,29H,16-19H2,1-2H3,(H,37,40)/t20-,26?,27+,29+,31?/m1/s1. The van der Waals surface area contributed by atoms with Crippen LogP contribution in [0.2, 0.25) is 0 Å². The van der Waals surface area contributed by atoms with Gasteiger partial charge >= 0.3 is 12.3 Å². The number of alkyl carbamates (subject to hydrolysis) is 1. The van der Waals surface area contributed by atoms with Crippen LogP contribution in [0.3, 0.4) is 0 Å². The molecule has 2 fully saturated rings. The van der Waals surface area contributed by atoms with E-state index in [4.69, 9.17) is 9.47 Å². The van der Waals surface area contributed by atoms with E-state index in [2.05, 4.69) is 5.32 Å². The van der Waals surface area contributed by atoms with Gasteiger partial charge in [-0.3, -0.25) is 4.79 Å². The van der Waals surface area contributed by atoms with Crippen LogP contribution >= 0.6 is 0 Å². The van der Waals surface area contributed by atoms with Gasteiger partial charge in [-0.15, -0.1) is 0 Å². The molecule has 3 aromatic rings. The van der Waals surface area contributed by atoms with Crippen molar-refractivity contribution >= 4 is 12.0 Å². The maximum absolute atomic E-state index is 13.8. The first-order chi connectivity index (χ1) is 19.9. The van der Waals surface area contributed by atoms with Gasteiger partial charge in [0, 0.05) is 24.9 Å². The van der Waals surface area contributed by atoms with Crippen LogP contribution < -0.4 is 5.32 Å². The smallest absolute Gasteiger partial charge is 0.416 e. The van der Waals surface area contributed by atoms with E-state index in [-0.39, 0.29) is 25.5 Å². The zero-order valence-corrected chi connectivity index (χ0v) is 23.2. The molecule has 0 saturated carbocycles. The number of benzene rings is 3. The molecule has 42 heavy (non-hydrogen) atoms. The number of alkyl halides is 3. The number of amides is 2. The molecule has 222 valence electrons. The summed E-state index contributed by atoms with van der Waals surface area (Å²) in [6.07, 6.45) is -6.03. The fraction of sp³-hybridized carbons (Fsp3) is 0.375. The van der Waals surface area contributed by atoms with Crippen LogP contribution in [0.1, 0.15) is 61.0 Å². The number of rotatable bonds is 7. The lowest BCUT2D eigenvalue weighted by Crippen LogP contribution is -2.58. The number of halogens is 4. The quantitative estimate of drug-likeness (QED) is 0.312. The number of nitrogens with one attached hydrogen (secondary N) is 1. The van der Waals surface area contributed by atoms with Crippen molar-refractivity contribution in [1.82, 2.24) is 10.2 Å². The van der Waals surface area contributed by atoms with Crippen LogP contribution in [-0.4, -0.2) is 41.1 Å². The molecule has 2 heterocycles. The van der Waals surface area contributed by atoms with Crippen molar-refractivity contribution < 1.29 is 36.6 Å². The number of hydrogen-bond acceptors (Lipinski definition) is 4. The van der Waals surface area contributed by atoms with E-state index in [1.807, 2.05) is 30.3 Å². The maximum atomic E-state index is 13.8. The molecule has 0 bridgehead atoms. The number of piperidine rings is 1. The highest BCUT2D eigenvalue weighted by Gasteiger charge is 2.53. The second-order valence-corrected chi connectivity index (χ2v) is 11.3. The summed E-state index contributed by atoms with van der Waals surface area (Å²) in [6.45, 7) is 3.75. The van der Waals surface area contributed by atoms with Gasteiger partial charge in [0.25, 0.3) is 0 Å². The van der Waals surface area contributed by atoms with Gasteiger partial charge in [-0.2, -0.15) is 13.2 Å². The van der Waals surface area contributed by atoms with Crippen LogP contribution in [0.25, 0.3) is 0 Å². The number of nitrogens with zero attached hydrogens (tertiary/aromatic N) is 1. The van der Waals surface area contributed by atoms with Crippen molar-refractivity contribution in [3.05, 3.63) is 107 Å². The molecule has 1 N–H and O–H groups in total. The summed E-state index contributed by atoms with van der Waals surface area (Å²) in [7, 11) is 0. The third-order valence-electron chi connectivity index (χ3n) is 8.05. The SMILES string of the molecule is C[C@@H](O[C@H]1CN2C(=O)CC(C)(NC(=O)OCc3ccccc3)CC2[C@@H]1c1ccc(F)cc1)c1cccc(C(F)(F)F)c1. The van der Waals surface area contributed by atoms with Crippen molar-refractivity contribution in [2.45, 2.75) is 69.2 Å². The third-order valence-corrected chi connectivity index (χ3v) is 8.05. The lowest BCUT2D eigenvalue weighted by molar-refractivity contribution is -0.138. The van der Waals surface area contributed by atoms with Crippen LogP contribution in [0.15, 0.2) is 78.9 Å². The highest BCUT2D eigenvalue weighted by Crippen LogP contribution is 2.45. The highest BCUT2D eigenvalue weighted by molar-refractivity contribution is 5.81. The van der Waals surface area contributed by atoms with Crippen molar-refractivity contribution in [2.75, 3.05) is 6.54 Å². The van der Waals surface area contributed by atoms with Gasteiger partial charge in [-0.05, 0) is 61.2 Å². The second-order valence-electron chi connectivity index (χ2n) is 11.3. The van der Waals surface area contributed by atoms with Gasteiger partial charge in [-0.1, -0.05) is 54.6 Å². The summed E-state index contributed by atoms with van der Waals surface area (Å²) in [4.78, 5) is 27.9. The van der Waals surface area contributed by atoms with E-state index in [1.54, 1.807) is 36.9 Å². The Morgan fingerprint density at radius 3 is 2.48 bits per heavy atom. The highest BCUT2D eigenvalue weighted by atomic mass is 19.4. The Bertz CT molecular complexity index is 1420. The van der Waals surface area contributed by atoms with Gasteiger partial charge < -0.3 is 19.7 Å². The van der Waals surface area contributed by atoms with Gasteiger partial charge in [0.15, 0.2) is 0 Å². The average molecular weight is 585 g/mol. The minimum absolute atomic E-state index is 0.0377. The molecule has 2 unspecified atom stereocenters. The summed E-state index contributed by atoms with van der Waals surface area (Å²) < 4.78 is 65.6. The largest absolute Gasteiger partial charge is 0.445 e. The number of carbonyl (C=O) groups is 2. The van der Waals surface area contributed by atoms with Crippen molar-refractivity contribution in [3.63, 3.8) is 0 Å². The van der Waals surface area contributed by atoms with Crippen LogP contribution in [-0.2, 0) is 27.1 Å². The molecule has 0 aromatic heterocycles. The van der Waals surface area contributed by atoms with Crippen LogP contribution in [0.4, 0.5) is 22.4 Å². The summed E-state index contributed by atoms with van der Waals surface area (Å²) in [5.41, 5.74) is 0.211. The lowest BCUT2D eigenvalue weighted by atomic mass is 9.78. The first-order valence-corrected chi connectivity index (χ1v) is 13.8. The molecule has 0 spiro atoms. The van der Waals surface area contributed by atoms with Crippen molar-refractivity contribution in [3.8, 4) is 0 Å². The molecule has 3 aromatic carbocycles. The van der Waals surface area contributed by atoms with Crippen molar-refractivity contribution in [1.29, 1.82) is 0 Å². The predicted molar refractivity (Wildman–Crippen MR) is 147 cm³/mol. The van der Waals surface area contributed by atoms with Crippen LogP contribution in [0.5, 0.6) is 0 Å². The number of carbonyl (C=O) groups excluding carboxylic acids is 2. The van der Waals surface area contributed by atoms with E-state index in [9.17, 15) is 27.2 Å². The summed E-state index contributed by atoms with van der Waals surface area (Å²) >= 11 is 0. The zero-order valence-electron chi connectivity index (χ0n) is 23.2. The summed E-state index contributed by atoms with van der Waals surface area (Å²) in [6, 6.07) is 19.7. The Morgan fingerprint density at radius 2 is 1.79 bits per heavy atom. The van der Waals surface area contributed by atoms with E-state index in [1.165, 1.54) is 18.2 Å². The summed E-state index contributed by atoms with van der Waals surface area (Å²) in [5.74, 6) is -1.03. The predicted octanol–water partition coefficient (Wildman–Crippen LogP) is 6.76. The van der Waals surface area contributed by atoms with E-state index < -0.39 is 53.4 Å². The minimum Gasteiger partial charge on any atom is -0.445 e. The molecule has 2 aliphatic heterocycles. The average Bonchev–Trinajstić information content (AvgIpc) is 3.30. The minimum atomic E-state index is -4.49. The van der Waals surface area contributed by atoms with Crippen molar-refractivity contribution in [2.24, 2.45) is 0 Å². The van der Waals surface area contributed by atoms with Gasteiger partial charge in [0.1, 0.15) is 12.4 Å². The molecule has 0 aliphatic carbocycles. The Kier molecular flexibility index (Phi) is 8.28. The molecule has 2 aliphatic rings. The maximum Gasteiger partial charge on any atom is 0.416 e. The van der Waals surface area contributed by atoms with Gasteiger partial charge in [-0.25, -0.2) is 9.18 Å². The summed E-state index contributed by atoms with van der Waals surface area (Å²) in [5, 5.41) is 2.88. The van der Waals surface area contributed by atoms with Gasteiger partial charge in [0.2, 0.25) is 5.91 Å². The molecule has 5 atom stereocenters. The first-order valence-electron chi connectivity index (χ1n) is 13.8.